The lowest BCUT2D eigenvalue weighted by Crippen LogP contribution is -2.19. The highest BCUT2D eigenvalue weighted by Gasteiger charge is 2.15. The molecule has 1 unspecified atom stereocenters. The third-order valence-electron chi connectivity index (χ3n) is 1.78. The molecule has 4 heteroatoms. The lowest BCUT2D eigenvalue weighted by Gasteiger charge is -2.08. The number of nitrogens with zero attached hydrogens (tertiary/aromatic N) is 1. The lowest BCUT2D eigenvalue weighted by atomic mass is 10.3. The van der Waals surface area contributed by atoms with Gasteiger partial charge in [-0.2, -0.15) is 5.10 Å². The van der Waals surface area contributed by atoms with Crippen LogP contribution in [0.4, 0.5) is 0 Å². The predicted octanol–water partition coefficient (Wildman–Crippen LogP) is 0.150. The van der Waals surface area contributed by atoms with Crippen LogP contribution < -0.4 is 10.1 Å². The third kappa shape index (κ3) is 1.51. The molecule has 2 rings (SSSR count). The van der Waals surface area contributed by atoms with Crippen LogP contribution in [0.3, 0.4) is 0 Å². The summed E-state index contributed by atoms with van der Waals surface area (Å²) >= 11 is 0. The molecule has 0 aliphatic carbocycles. The molecule has 0 bridgehead atoms. The summed E-state index contributed by atoms with van der Waals surface area (Å²) in [4.78, 5) is 0. The zero-order valence-corrected chi connectivity index (χ0v) is 6.21. The van der Waals surface area contributed by atoms with E-state index in [-0.39, 0.29) is 0 Å². The van der Waals surface area contributed by atoms with Crippen LogP contribution in [0.5, 0.6) is 5.88 Å². The van der Waals surface area contributed by atoms with Crippen LogP contribution in [0.15, 0.2) is 12.3 Å². The van der Waals surface area contributed by atoms with Gasteiger partial charge in [-0.1, -0.05) is 0 Å². The molecule has 2 heterocycles. The summed E-state index contributed by atoms with van der Waals surface area (Å²) in [5.41, 5.74) is 0. The van der Waals surface area contributed by atoms with Gasteiger partial charge in [0.15, 0.2) is 0 Å². The third-order valence-corrected chi connectivity index (χ3v) is 1.78. The van der Waals surface area contributed by atoms with Crippen molar-refractivity contribution in [2.75, 3.05) is 13.1 Å². The first-order valence-electron chi connectivity index (χ1n) is 3.82. The second kappa shape index (κ2) is 2.92. The summed E-state index contributed by atoms with van der Waals surface area (Å²) < 4.78 is 5.53. The van der Waals surface area contributed by atoms with Crippen molar-refractivity contribution in [1.29, 1.82) is 0 Å². The predicted molar refractivity (Wildman–Crippen MR) is 40.5 cm³/mol. The summed E-state index contributed by atoms with van der Waals surface area (Å²) in [6, 6.07) is 1.83. The van der Waals surface area contributed by atoms with Crippen molar-refractivity contribution in [3.8, 4) is 5.88 Å². The fourth-order valence-electron chi connectivity index (χ4n) is 1.22. The Kier molecular flexibility index (Phi) is 1.77. The van der Waals surface area contributed by atoms with Crippen molar-refractivity contribution < 1.29 is 4.74 Å². The Bertz CT molecular complexity index is 203. The maximum absolute atomic E-state index is 5.53. The first kappa shape index (κ1) is 6.67. The largest absolute Gasteiger partial charge is 0.473 e. The van der Waals surface area contributed by atoms with E-state index < -0.39 is 0 Å². The Hall–Kier alpha value is -1.03. The molecule has 4 nitrogen and oxygen atoms in total. The molecule has 0 radical (unpaired) electrons. The molecule has 11 heavy (non-hydrogen) atoms. The van der Waals surface area contributed by atoms with Gasteiger partial charge in [0.25, 0.3) is 0 Å². The molecule has 0 aromatic carbocycles. The van der Waals surface area contributed by atoms with Crippen molar-refractivity contribution in [1.82, 2.24) is 15.5 Å². The Labute approximate surface area is 64.9 Å². The number of ether oxygens (including phenoxy) is 1. The normalized spacial score (nSPS) is 23.8. The molecule has 1 saturated heterocycles. The van der Waals surface area contributed by atoms with Crippen molar-refractivity contribution in [2.45, 2.75) is 12.5 Å². The molecule has 60 valence electrons. The fraction of sp³-hybridized carbons (Fsp3) is 0.571. The number of hydrogen-bond donors (Lipinski definition) is 2. The molecular formula is C7H11N3O. The first-order chi connectivity index (χ1) is 5.45. The van der Waals surface area contributed by atoms with E-state index in [1.807, 2.05) is 6.07 Å². The van der Waals surface area contributed by atoms with E-state index in [2.05, 4.69) is 15.5 Å². The van der Waals surface area contributed by atoms with E-state index in [9.17, 15) is 0 Å². The van der Waals surface area contributed by atoms with Crippen molar-refractivity contribution in [2.24, 2.45) is 0 Å². The molecule has 0 amide bonds. The van der Waals surface area contributed by atoms with Crippen LogP contribution in [0.2, 0.25) is 0 Å². The number of H-pyrrole nitrogens is 1. The van der Waals surface area contributed by atoms with Gasteiger partial charge in [0.1, 0.15) is 6.10 Å². The fourth-order valence-corrected chi connectivity index (χ4v) is 1.22. The average Bonchev–Trinajstić information content (AvgIpc) is 2.60. The monoisotopic (exact) mass is 153 g/mol. The summed E-state index contributed by atoms with van der Waals surface area (Å²) in [5.74, 6) is 0.763. The van der Waals surface area contributed by atoms with Crippen LogP contribution in [-0.4, -0.2) is 29.4 Å². The van der Waals surface area contributed by atoms with E-state index in [0.29, 0.717) is 6.10 Å². The molecule has 0 saturated carbocycles. The number of aromatic nitrogens is 2. The smallest absolute Gasteiger partial charge is 0.209 e. The molecular weight excluding hydrogens is 142 g/mol. The van der Waals surface area contributed by atoms with Gasteiger partial charge in [-0.05, 0) is 13.0 Å². The standard InChI is InChI=1S/C7H11N3O/c1-3-8-5-6(1)11-7-2-4-9-10-7/h2,4,6,8H,1,3,5H2,(H,9,10). The molecule has 1 aromatic rings. The quantitative estimate of drug-likeness (QED) is 0.636. The minimum Gasteiger partial charge on any atom is -0.473 e. The van der Waals surface area contributed by atoms with Gasteiger partial charge in [-0.15, -0.1) is 0 Å². The number of aromatic amines is 1. The second-order valence-electron chi connectivity index (χ2n) is 2.65. The lowest BCUT2D eigenvalue weighted by molar-refractivity contribution is 0.214. The number of rotatable bonds is 2. The van der Waals surface area contributed by atoms with Crippen molar-refractivity contribution in [3.05, 3.63) is 12.3 Å². The van der Waals surface area contributed by atoms with E-state index in [4.69, 9.17) is 4.74 Å². The van der Waals surface area contributed by atoms with Crippen LogP contribution in [0.1, 0.15) is 6.42 Å². The number of hydrogen-bond acceptors (Lipinski definition) is 3. The van der Waals surface area contributed by atoms with Crippen molar-refractivity contribution in [3.63, 3.8) is 0 Å². The van der Waals surface area contributed by atoms with Crippen LogP contribution in [0.25, 0.3) is 0 Å². The van der Waals surface area contributed by atoms with Gasteiger partial charge >= 0.3 is 0 Å². The van der Waals surface area contributed by atoms with Gasteiger partial charge in [-0.3, -0.25) is 0 Å². The van der Waals surface area contributed by atoms with Gasteiger partial charge in [0, 0.05) is 12.6 Å². The molecule has 1 aliphatic rings. The zero-order chi connectivity index (χ0) is 7.52. The van der Waals surface area contributed by atoms with Gasteiger partial charge in [-0.25, -0.2) is 5.10 Å². The Morgan fingerprint density at radius 3 is 3.27 bits per heavy atom. The SMILES string of the molecule is c1cc(OC2CCNC2)[nH]n1. The highest BCUT2D eigenvalue weighted by atomic mass is 16.5. The molecule has 1 aromatic heterocycles. The minimum absolute atomic E-state index is 0.315. The van der Waals surface area contributed by atoms with E-state index in [1.54, 1.807) is 6.20 Å². The summed E-state index contributed by atoms with van der Waals surface area (Å²) in [5, 5.41) is 9.78. The Balaban J connectivity index is 1.90. The van der Waals surface area contributed by atoms with Gasteiger partial charge < -0.3 is 10.1 Å². The molecule has 1 aliphatic heterocycles. The van der Waals surface area contributed by atoms with E-state index in [0.717, 1.165) is 25.4 Å². The highest BCUT2D eigenvalue weighted by Crippen LogP contribution is 2.09. The molecule has 0 spiro atoms. The zero-order valence-electron chi connectivity index (χ0n) is 6.21. The Morgan fingerprint density at radius 1 is 1.64 bits per heavy atom. The first-order valence-corrected chi connectivity index (χ1v) is 3.82. The van der Waals surface area contributed by atoms with Crippen LogP contribution >= 0.6 is 0 Å². The average molecular weight is 153 g/mol. The second-order valence-corrected chi connectivity index (χ2v) is 2.65. The van der Waals surface area contributed by atoms with Crippen molar-refractivity contribution >= 4 is 0 Å². The molecule has 1 atom stereocenters. The van der Waals surface area contributed by atoms with Crippen LogP contribution in [-0.2, 0) is 0 Å². The maximum Gasteiger partial charge on any atom is 0.209 e. The van der Waals surface area contributed by atoms with Crippen LogP contribution in [0, 0.1) is 0 Å². The van der Waals surface area contributed by atoms with Gasteiger partial charge in [0.05, 0.1) is 6.20 Å². The summed E-state index contributed by atoms with van der Waals surface area (Å²) in [7, 11) is 0. The Morgan fingerprint density at radius 2 is 2.64 bits per heavy atom. The maximum atomic E-state index is 5.53. The highest BCUT2D eigenvalue weighted by molar-refractivity contribution is 5.05. The van der Waals surface area contributed by atoms with Gasteiger partial charge in [0.2, 0.25) is 5.88 Å². The minimum atomic E-state index is 0.315. The van der Waals surface area contributed by atoms with E-state index >= 15 is 0 Å². The number of nitrogens with one attached hydrogen (secondary N) is 2. The molecule has 1 fully saturated rings. The topological polar surface area (TPSA) is 49.9 Å². The summed E-state index contributed by atoms with van der Waals surface area (Å²) in [6.45, 7) is 2.00. The summed E-state index contributed by atoms with van der Waals surface area (Å²) in [6.07, 6.45) is 3.09. The van der Waals surface area contributed by atoms with E-state index in [1.165, 1.54) is 0 Å². The molecule has 2 N–H and O–H groups in total.